The van der Waals surface area contributed by atoms with E-state index >= 15 is 0 Å². The molecule has 0 radical (unpaired) electrons. The summed E-state index contributed by atoms with van der Waals surface area (Å²) in [5.74, 6) is -0.366. The summed E-state index contributed by atoms with van der Waals surface area (Å²) in [6, 6.07) is 7.12. The molecule has 3 N–H and O–H groups in total. The predicted molar refractivity (Wildman–Crippen MR) is 147 cm³/mol. The number of likely N-dealkylation sites (tertiary alicyclic amines) is 1. The Balaban J connectivity index is 1.34. The van der Waals surface area contributed by atoms with Gasteiger partial charge in [0, 0.05) is 18.7 Å². The molecule has 2 heterocycles. The van der Waals surface area contributed by atoms with Crippen molar-refractivity contribution in [3.8, 4) is 6.07 Å². The molecule has 4 aliphatic rings. The van der Waals surface area contributed by atoms with Crippen LogP contribution in [-0.4, -0.2) is 59.0 Å². The van der Waals surface area contributed by atoms with Gasteiger partial charge in [0.15, 0.2) is 0 Å². The highest BCUT2D eigenvalue weighted by Crippen LogP contribution is 2.46. The number of para-hydroxylation sites is 1. The molecule has 0 unspecified atom stereocenters. The number of ether oxygens (including phenoxy) is 1. The molecule has 4 atom stereocenters. The number of nitriles is 1. The first-order chi connectivity index (χ1) is 19.0. The number of carbonyl (C=O) groups excluding carboxylic acids is 4. The maximum Gasteiger partial charge on any atom is 0.408 e. The van der Waals surface area contributed by atoms with Crippen LogP contribution in [0.2, 0.25) is 0 Å². The first kappa shape index (κ1) is 27.9. The van der Waals surface area contributed by atoms with Crippen LogP contribution in [0.25, 0.3) is 0 Å². The fraction of sp³-hybridized carbons (Fsp3) is 0.633. The molecular weight excluding hydrogens is 510 g/mol. The van der Waals surface area contributed by atoms with Gasteiger partial charge in [0.1, 0.15) is 23.7 Å². The van der Waals surface area contributed by atoms with E-state index in [0.717, 1.165) is 37.7 Å². The second-order valence-electron chi connectivity index (χ2n) is 12.9. The van der Waals surface area contributed by atoms with Crippen LogP contribution in [0.5, 0.6) is 0 Å². The monoisotopic (exact) mass is 549 g/mol. The zero-order valence-corrected chi connectivity index (χ0v) is 23.5. The number of alkyl carbamates (subject to hydrolysis) is 1. The van der Waals surface area contributed by atoms with Crippen LogP contribution in [0.3, 0.4) is 0 Å². The fourth-order valence-electron chi connectivity index (χ4n) is 6.11. The smallest absolute Gasteiger partial charge is 0.408 e. The number of benzene rings is 1. The summed E-state index contributed by atoms with van der Waals surface area (Å²) < 4.78 is 5.40. The summed E-state index contributed by atoms with van der Waals surface area (Å²) in [5, 5.41) is 18.6. The molecule has 5 rings (SSSR count). The lowest BCUT2D eigenvalue weighted by atomic mass is 9.80. The van der Waals surface area contributed by atoms with E-state index in [4.69, 9.17) is 4.74 Å². The van der Waals surface area contributed by atoms with E-state index in [-0.39, 0.29) is 24.8 Å². The van der Waals surface area contributed by atoms with Gasteiger partial charge in [-0.05, 0) is 57.1 Å². The molecule has 1 saturated heterocycles. The van der Waals surface area contributed by atoms with Crippen molar-refractivity contribution in [1.29, 1.82) is 5.26 Å². The Morgan fingerprint density at radius 2 is 1.77 bits per heavy atom. The van der Waals surface area contributed by atoms with Crippen molar-refractivity contribution in [1.82, 2.24) is 15.5 Å². The number of hydrogen-bond acceptors (Lipinski definition) is 6. The predicted octanol–water partition coefficient (Wildman–Crippen LogP) is 3.37. The van der Waals surface area contributed by atoms with Gasteiger partial charge in [-0.2, -0.15) is 5.26 Å². The Morgan fingerprint density at radius 1 is 1.10 bits per heavy atom. The van der Waals surface area contributed by atoms with Gasteiger partial charge in [-0.3, -0.25) is 14.4 Å². The van der Waals surface area contributed by atoms with E-state index in [1.807, 2.05) is 24.3 Å². The molecule has 1 aromatic carbocycles. The van der Waals surface area contributed by atoms with E-state index < -0.39 is 41.1 Å². The zero-order chi connectivity index (χ0) is 28.7. The Hall–Kier alpha value is -3.61. The van der Waals surface area contributed by atoms with Crippen LogP contribution >= 0.6 is 0 Å². The first-order valence-corrected chi connectivity index (χ1v) is 14.4. The van der Waals surface area contributed by atoms with Crippen LogP contribution < -0.4 is 16.0 Å². The molecule has 0 aromatic heterocycles. The SMILES string of the molecule is CC(C)(C)OC(=O)N[C@@H](CC1CCC1)C(=O)N[C@@H](CC1CC1)C(=O)N1C[C@]2(C[C@H]1C#N)C(=O)Nc1ccccc12. The maximum absolute atomic E-state index is 14.0. The molecule has 2 saturated carbocycles. The van der Waals surface area contributed by atoms with Gasteiger partial charge in [0.05, 0.1) is 11.5 Å². The average Bonchev–Trinajstić information content (AvgIpc) is 3.53. The van der Waals surface area contributed by atoms with Crippen molar-refractivity contribution in [3.63, 3.8) is 0 Å². The molecule has 3 fully saturated rings. The lowest BCUT2D eigenvalue weighted by Gasteiger charge is -2.32. The van der Waals surface area contributed by atoms with Crippen LogP contribution in [0, 0.1) is 23.2 Å². The molecule has 10 nitrogen and oxygen atoms in total. The topological polar surface area (TPSA) is 141 Å². The summed E-state index contributed by atoms with van der Waals surface area (Å²) >= 11 is 0. The summed E-state index contributed by atoms with van der Waals surface area (Å²) in [6.45, 7) is 5.35. The summed E-state index contributed by atoms with van der Waals surface area (Å²) in [6.07, 6.45) is 5.49. The third-order valence-corrected chi connectivity index (χ3v) is 8.60. The van der Waals surface area contributed by atoms with Crippen LogP contribution in [0.4, 0.5) is 10.5 Å². The lowest BCUT2D eigenvalue weighted by Crippen LogP contribution is -2.56. The van der Waals surface area contributed by atoms with Crippen LogP contribution in [0.15, 0.2) is 24.3 Å². The summed E-state index contributed by atoms with van der Waals surface area (Å²) in [7, 11) is 0. The van der Waals surface area contributed by atoms with Gasteiger partial charge in [-0.15, -0.1) is 0 Å². The molecule has 40 heavy (non-hydrogen) atoms. The molecule has 2 aliphatic carbocycles. The number of anilines is 1. The van der Waals surface area contributed by atoms with Gasteiger partial charge < -0.3 is 25.6 Å². The highest BCUT2D eigenvalue weighted by Gasteiger charge is 2.56. The van der Waals surface area contributed by atoms with Crippen molar-refractivity contribution < 1.29 is 23.9 Å². The van der Waals surface area contributed by atoms with Crippen LogP contribution in [0.1, 0.15) is 77.7 Å². The quantitative estimate of drug-likeness (QED) is 0.454. The largest absolute Gasteiger partial charge is 0.444 e. The van der Waals surface area contributed by atoms with E-state index in [1.165, 1.54) is 4.90 Å². The fourth-order valence-corrected chi connectivity index (χ4v) is 6.11. The van der Waals surface area contributed by atoms with E-state index in [9.17, 15) is 24.4 Å². The van der Waals surface area contributed by atoms with Crippen molar-refractivity contribution >= 4 is 29.5 Å². The summed E-state index contributed by atoms with van der Waals surface area (Å²) in [4.78, 5) is 54.8. The van der Waals surface area contributed by atoms with Gasteiger partial charge in [0.2, 0.25) is 17.7 Å². The highest BCUT2D eigenvalue weighted by atomic mass is 16.6. The number of nitrogens with one attached hydrogen (secondary N) is 3. The Labute approximate surface area is 235 Å². The number of amides is 4. The molecule has 214 valence electrons. The third kappa shape index (κ3) is 5.79. The highest BCUT2D eigenvalue weighted by molar-refractivity contribution is 6.07. The number of rotatable bonds is 8. The molecular formula is C30H39N5O5. The van der Waals surface area contributed by atoms with Crippen molar-refractivity contribution in [3.05, 3.63) is 29.8 Å². The minimum atomic E-state index is -0.994. The molecule has 4 amide bonds. The number of carbonyl (C=O) groups is 4. The van der Waals surface area contributed by atoms with E-state index in [0.29, 0.717) is 30.4 Å². The number of fused-ring (bicyclic) bond motifs is 2. The number of nitrogens with zero attached hydrogens (tertiary/aromatic N) is 2. The Morgan fingerprint density at radius 3 is 2.40 bits per heavy atom. The lowest BCUT2D eigenvalue weighted by molar-refractivity contribution is -0.137. The molecule has 0 bridgehead atoms. The van der Waals surface area contributed by atoms with Gasteiger partial charge in [-0.25, -0.2) is 4.79 Å². The van der Waals surface area contributed by atoms with Gasteiger partial charge in [-0.1, -0.05) is 50.3 Å². The van der Waals surface area contributed by atoms with Gasteiger partial charge in [0.25, 0.3) is 0 Å². The normalized spacial score (nSPS) is 25.3. The Bertz CT molecular complexity index is 1230. The second-order valence-corrected chi connectivity index (χ2v) is 12.9. The second kappa shape index (κ2) is 10.8. The molecule has 2 aliphatic heterocycles. The van der Waals surface area contributed by atoms with Gasteiger partial charge >= 0.3 is 6.09 Å². The minimum absolute atomic E-state index is 0.0750. The molecule has 1 aromatic rings. The zero-order valence-electron chi connectivity index (χ0n) is 23.5. The number of hydrogen-bond donors (Lipinski definition) is 3. The third-order valence-electron chi connectivity index (χ3n) is 8.60. The van der Waals surface area contributed by atoms with Crippen LogP contribution in [-0.2, 0) is 24.5 Å². The molecule has 1 spiro atoms. The molecule has 10 heteroatoms. The van der Waals surface area contributed by atoms with E-state index in [1.54, 1.807) is 20.8 Å². The standard InChI is InChI=1S/C30H39N5O5/c1-29(2,3)40-28(39)34-23(13-18-7-6-8-18)25(36)32-24(14-19-11-12-19)26(37)35-17-30(15-20(35)16-31)21-9-4-5-10-22(21)33-27(30)38/h4-5,9-10,18-20,23-24H,6-8,11-15,17H2,1-3H3,(H,32,36)(H,33,38)(H,34,39)/t20-,23-,24-,30-/m0/s1. The maximum atomic E-state index is 14.0. The van der Waals surface area contributed by atoms with E-state index in [2.05, 4.69) is 22.0 Å². The van der Waals surface area contributed by atoms with Crippen molar-refractivity contribution in [2.45, 2.75) is 101 Å². The first-order valence-electron chi connectivity index (χ1n) is 14.4. The Kier molecular flexibility index (Phi) is 7.51. The summed E-state index contributed by atoms with van der Waals surface area (Å²) in [5.41, 5.74) is -0.213. The average molecular weight is 550 g/mol. The minimum Gasteiger partial charge on any atom is -0.444 e. The van der Waals surface area contributed by atoms with Crippen molar-refractivity contribution in [2.75, 3.05) is 11.9 Å². The van der Waals surface area contributed by atoms with Crippen molar-refractivity contribution in [2.24, 2.45) is 11.8 Å².